The first kappa shape index (κ1) is 20.9. The van der Waals surface area contributed by atoms with Crippen LogP contribution < -0.4 is 10.5 Å². The molecular formula is C24H26FN3O3. The molecule has 1 aliphatic rings. The van der Waals surface area contributed by atoms with Crippen LogP contribution in [0.3, 0.4) is 0 Å². The van der Waals surface area contributed by atoms with E-state index in [-0.39, 0.29) is 18.0 Å². The van der Waals surface area contributed by atoms with Crippen LogP contribution in [0.25, 0.3) is 21.9 Å². The van der Waals surface area contributed by atoms with Crippen LogP contribution in [0, 0.1) is 12.7 Å². The van der Waals surface area contributed by atoms with Gasteiger partial charge in [-0.05, 0) is 68.5 Å². The highest BCUT2D eigenvalue weighted by Gasteiger charge is 2.35. The number of fused-ring (bicyclic) bond motifs is 1. The van der Waals surface area contributed by atoms with Gasteiger partial charge in [-0.2, -0.15) is 0 Å². The molecule has 31 heavy (non-hydrogen) atoms. The number of carbonyl (C=O) groups is 1. The van der Waals surface area contributed by atoms with Crippen molar-refractivity contribution in [3.8, 4) is 16.9 Å². The summed E-state index contributed by atoms with van der Waals surface area (Å²) in [5.74, 6) is 0.641. The summed E-state index contributed by atoms with van der Waals surface area (Å²) >= 11 is 0. The average Bonchev–Trinajstić information content (AvgIpc) is 2.63. The lowest BCUT2D eigenvalue weighted by molar-refractivity contribution is -0.0221. The first-order chi connectivity index (χ1) is 14.6. The zero-order valence-corrected chi connectivity index (χ0v) is 18.1. The molecule has 0 atom stereocenters. The van der Waals surface area contributed by atoms with Gasteiger partial charge < -0.3 is 20.1 Å². The molecule has 0 aliphatic carbocycles. The molecule has 1 amide bonds. The third kappa shape index (κ3) is 4.40. The topological polar surface area (TPSA) is 77.7 Å². The number of anilines is 1. The second kappa shape index (κ2) is 7.72. The van der Waals surface area contributed by atoms with E-state index in [4.69, 9.17) is 15.2 Å². The molecule has 1 fully saturated rings. The molecule has 6 nitrogen and oxygen atoms in total. The number of nitrogens with two attached hydrogens (primary N) is 1. The van der Waals surface area contributed by atoms with Crippen molar-refractivity contribution in [1.29, 1.82) is 0 Å². The monoisotopic (exact) mass is 423 g/mol. The number of benzene rings is 2. The van der Waals surface area contributed by atoms with Gasteiger partial charge in [-0.25, -0.2) is 14.2 Å². The first-order valence-corrected chi connectivity index (χ1v) is 10.2. The maximum Gasteiger partial charge on any atom is 0.410 e. The minimum Gasteiger partial charge on any atom is -0.487 e. The Balaban J connectivity index is 1.62. The van der Waals surface area contributed by atoms with Gasteiger partial charge in [0, 0.05) is 17.1 Å². The summed E-state index contributed by atoms with van der Waals surface area (Å²) in [4.78, 5) is 17.9. The molecule has 0 saturated carbocycles. The molecule has 0 unspecified atom stereocenters. The number of aromatic nitrogens is 1. The molecule has 2 heterocycles. The number of amides is 1. The summed E-state index contributed by atoms with van der Waals surface area (Å²) in [6.07, 6.45) is 1.14. The van der Waals surface area contributed by atoms with Gasteiger partial charge in [0.1, 0.15) is 29.1 Å². The Bertz CT molecular complexity index is 1130. The van der Waals surface area contributed by atoms with Crippen molar-refractivity contribution in [2.75, 3.05) is 18.8 Å². The van der Waals surface area contributed by atoms with E-state index in [0.29, 0.717) is 35.8 Å². The van der Waals surface area contributed by atoms with Gasteiger partial charge >= 0.3 is 6.09 Å². The van der Waals surface area contributed by atoms with Crippen LogP contribution in [0.1, 0.15) is 26.3 Å². The van der Waals surface area contributed by atoms with Crippen molar-refractivity contribution in [3.63, 3.8) is 0 Å². The minimum absolute atomic E-state index is 0.165. The number of aryl methyl sites for hydroxylation is 1. The highest BCUT2D eigenvalue weighted by atomic mass is 19.1. The van der Waals surface area contributed by atoms with E-state index in [2.05, 4.69) is 4.98 Å². The van der Waals surface area contributed by atoms with Gasteiger partial charge in [-0.15, -0.1) is 0 Å². The fourth-order valence-corrected chi connectivity index (χ4v) is 3.67. The highest BCUT2D eigenvalue weighted by molar-refractivity contribution is 5.99. The number of nitrogens with zero attached hydrogens (tertiary/aromatic N) is 2. The molecular weight excluding hydrogens is 397 g/mol. The summed E-state index contributed by atoms with van der Waals surface area (Å²) in [5.41, 5.74) is 7.37. The van der Waals surface area contributed by atoms with E-state index in [0.717, 1.165) is 16.3 Å². The van der Waals surface area contributed by atoms with Crippen molar-refractivity contribution >= 4 is 22.7 Å². The molecule has 2 aromatic carbocycles. The van der Waals surface area contributed by atoms with Gasteiger partial charge in [-0.1, -0.05) is 12.1 Å². The number of hydrogen-bond acceptors (Lipinski definition) is 5. The average molecular weight is 423 g/mol. The largest absolute Gasteiger partial charge is 0.487 e. The number of nitrogen functional groups attached to an aromatic ring is 1. The Hall–Kier alpha value is -3.35. The van der Waals surface area contributed by atoms with Crippen molar-refractivity contribution in [2.45, 2.75) is 39.4 Å². The van der Waals surface area contributed by atoms with Crippen molar-refractivity contribution in [1.82, 2.24) is 9.88 Å². The molecule has 1 aliphatic heterocycles. The normalized spacial score (nSPS) is 14.4. The highest BCUT2D eigenvalue weighted by Crippen LogP contribution is 2.37. The van der Waals surface area contributed by atoms with Gasteiger partial charge in [-0.3, -0.25) is 0 Å². The summed E-state index contributed by atoms with van der Waals surface area (Å²) in [5, 5.41) is 1.60. The van der Waals surface area contributed by atoms with E-state index >= 15 is 0 Å². The number of carbonyl (C=O) groups excluding carboxylic acids is 1. The Morgan fingerprint density at radius 1 is 1.23 bits per heavy atom. The van der Waals surface area contributed by atoms with Crippen LogP contribution in [0.4, 0.5) is 15.0 Å². The Kier molecular flexibility index (Phi) is 5.21. The third-order valence-electron chi connectivity index (χ3n) is 5.12. The lowest BCUT2D eigenvalue weighted by Gasteiger charge is -2.39. The number of likely N-dealkylation sites (tertiary alicyclic amines) is 1. The Morgan fingerprint density at radius 2 is 1.97 bits per heavy atom. The van der Waals surface area contributed by atoms with Gasteiger partial charge in [0.2, 0.25) is 0 Å². The maximum atomic E-state index is 14.8. The van der Waals surface area contributed by atoms with E-state index in [1.54, 1.807) is 23.2 Å². The molecule has 1 aromatic heterocycles. The fraction of sp³-hybridized carbons (Fsp3) is 0.333. The Morgan fingerprint density at radius 3 is 2.65 bits per heavy atom. The van der Waals surface area contributed by atoms with Crippen molar-refractivity contribution < 1.29 is 18.7 Å². The van der Waals surface area contributed by atoms with Crippen LogP contribution in [0.2, 0.25) is 0 Å². The number of rotatable bonds is 3. The molecule has 0 spiro atoms. The second-order valence-electron chi connectivity index (χ2n) is 8.86. The molecule has 0 radical (unpaired) electrons. The molecule has 162 valence electrons. The summed E-state index contributed by atoms with van der Waals surface area (Å²) in [7, 11) is 0. The second-order valence-corrected chi connectivity index (χ2v) is 8.86. The number of halogens is 1. The maximum absolute atomic E-state index is 14.8. The predicted molar refractivity (Wildman–Crippen MR) is 119 cm³/mol. The van der Waals surface area contributed by atoms with E-state index in [1.165, 1.54) is 6.07 Å². The van der Waals surface area contributed by atoms with Gasteiger partial charge in [0.25, 0.3) is 0 Å². The van der Waals surface area contributed by atoms with Crippen molar-refractivity contribution in [3.05, 3.63) is 54.0 Å². The standard InChI is InChI=1S/C24H26FN3O3/c1-14-6-5-7-20(25)22(14)19-9-16(8-15-11-27-21(26)10-18(15)19)30-17-12-28(13-17)23(29)31-24(2,3)4/h5-11,17H,12-13H2,1-4H3,(H2,26,27). The number of hydrogen-bond donors (Lipinski definition) is 1. The number of pyridine rings is 1. The molecule has 1 saturated heterocycles. The van der Waals surface area contributed by atoms with Gasteiger partial charge in [0.05, 0.1) is 13.1 Å². The SMILES string of the molecule is Cc1cccc(F)c1-c1cc(OC2CN(C(=O)OC(C)(C)C)C2)cc2cnc(N)cc12. The minimum atomic E-state index is -0.539. The molecule has 7 heteroatoms. The smallest absolute Gasteiger partial charge is 0.410 e. The van der Waals surface area contributed by atoms with Crippen LogP contribution >= 0.6 is 0 Å². The van der Waals surface area contributed by atoms with Crippen LogP contribution in [-0.4, -0.2) is 40.8 Å². The molecule has 2 N–H and O–H groups in total. The summed E-state index contributed by atoms with van der Waals surface area (Å²) < 4.78 is 26.3. The zero-order chi connectivity index (χ0) is 22.3. The zero-order valence-electron chi connectivity index (χ0n) is 18.1. The number of ether oxygens (including phenoxy) is 2. The van der Waals surface area contributed by atoms with E-state index in [1.807, 2.05) is 45.9 Å². The first-order valence-electron chi connectivity index (χ1n) is 10.2. The third-order valence-corrected chi connectivity index (χ3v) is 5.12. The van der Waals surface area contributed by atoms with Crippen LogP contribution in [0.5, 0.6) is 5.75 Å². The van der Waals surface area contributed by atoms with Crippen LogP contribution in [0.15, 0.2) is 42.6 Å². The fourth-order valence-electron chi connectivity index (χ4n) is 3.67. The van der Waals surface area contributed by atoms with E-state index < -0.39 is 5.60 Å². The quantitative estimate of drug-likeness (QED) is 0.646. The lowest BCUT2D eigenvalue weighted by Crippen LogP contribution is -2.57. The molecule has 0 bridgehead atoms. The molecule has 3 aromatic rings. The van der Waals surface area contributed by atoms with E-state index in [9.17, 15) is 9.18 Å². The summed E-state index contributed by atoms with van der Waals surface area (Å²) in [6, 6.07) is 10.4. The van der Waals surface area contributed by atoms with Crippen LogP contribution in [-0.2, 0) is 4.74 Å². The molecule has 4 rings (SSSR count). The predicted octanol–water partition coefficient (Wildman–Crippen LogP) is 4.93. The Labute approximate surface area is 180 Å². The van der Waals surface area contributed by atoms with Crippen molar-refractivity contribution in [2.24, 2.45) is 0 Å². The van der Waals surface area contributed by atoms with Gasteiger partial charge in [0.15, 0.2) is 0 Å². The lowest BCUT2D eigenvalue weighted by atomic mass is 9.95. The summed E-state index contributed by atoms with van der Waals surface area (Å²) in [6.45, 7) is 8.23.